The SMILES string of the molecule is O=C(O)C1CCN(C(=O)c2ccccc2-c2ccccc2)CC1. The summed E-state index contributed by atoms with van der Waals surface area (Å²) >= 11 is 0. The van der Waals surface area contributed by atoms with E-state index < -0.39 is 5.97 Å². The Labute approximate surface area is 135 Å². The molecule has 0 saturated carbocycles. The molecule has 2 aromatic carbocycles. The van der Waals surface area contributed by atoms with Crippen molar-refractivity contribution in [3.63, 3.8) is 0 Å². The molecule has 0 radical (unpaired) electrons. The Hall–Kier alpha value is -2.62. The molecule has 0 aromatic heterocycles. The fourth-order valence-corrected chi connectivity index (χ4v) is 3.04. The van der Waals surface area contributed by atoms with Crippen LogP contribution in [0.15, 0.2) is 54.6 Å². The molecule has 4 nitrogen and oxygen atoms in total. The summed E-state index contributed by atoms with van der Waals surface area (Å²) < 4.78 is 0. The summed E-state index contributed by atoms with van der Waals surface area (Å²) in [6.07, 6.45) is 1.04. The van der Waals surface area contributed by atoms with Crippen LogP contribution in [0.1, 0.15) is 23.2 Å². The maximum atomic E-state index is 12.8. The van der Waals surface area contributed by atoms with Crippen molar-refractivity contribution in [3.05, 3.63) is 60.2 Å². The summed E-state index contributed by atoms with van der Waals surface area (Å²) in [6.45, 7) is 0.998. The minimum Gasteiger partial charge on any atom is -0.481 e. The van der Waals surface area contributed by atoms with Crippen LogP contribution in [0.2, 0.25) is 0 Å². The number of carboxylic acids is 1. The van der Waals surface area contributed by atoms with Crippen LogP contribution >= 0.6 is 0 Å². The van der Waals surface area contributed by atoms with E-state index >= 15 is 0 Å². The van der Waals surface area contributed by atoms with Gasteiger partial charge in [-0.2, -0.15) is 0 Å². The van der Waals surface area contributed by atoms with Crippen LogP contribution in [0.4, 0.5) is 0 Å². The van der Waals surface area contributed by atoms with Crippen LogP contribution in [0.3, 0.4) is 0 Å². The maximum absolute atomic E-state index is 12.8. The Morgan fingerprint density at radius 1 is 0.913 bits per heavy atom. The second kappa shape index (κ2) is 6.65. The Kier molecular flexibility index (Phi) is 4.42. The lowest BCUT2D eigenvalue weighted by Crippen LogP contribution is -2.40. The van der Waals surface area contributed by atoms with E-state index in [4.69, 9.17) is 5.11 Å². The summed E-state index contributed by atoms with van der Waals surface area (Å²) in [5.74, 6) is -1.11. The topological polar surface area (TPSA) is 57.6 Å². The van der Waals surface area contributed by atoms with E-state index in [1.54, 1.807) is 4.90 Å². The Morgan fingerprint density at radius 2 is 1.52 bits per heavy atom. The lowest BCUT2D eigenvalue weighted by molar-refractivity contribution is -0.143. The van der Waals surface area contributed by atoms with Gasteiger partial charge in [-0.3, -0.25) is 9.59 Å². The molecule has 1 N–H and O–H groups in total. The van der Waals surface area contributed by atoms with Gasteiger partial charge in [0.1, 0.15) is 0 Å². The third-order valence-corrected chi connectivity index (χ3v) is 4.37. The molecule has 1 heterocycles. The van der Waals surface area contributed by atoms with Crippen molar-refractivity contribution >= 4 is 11.9 Å². The monoisotopic (exact) mass is 309 g/mol. The molecule has 1 saturated heterocycles. The van der Waals surface area contributed by atoms with Gasteiger partial charge < -0.3 is 10.0 Å². The molecule has 3 rings (SSSR count). The maximum Gasteiger partial charge on any atom is 0.306 e. The quantitative estimate of drug-likeness (QED) is 0.946. The Bertz CT molecular complexity index is 704. The molecule has 0 spiro atoms. The lowest BCUT2D eigenvalue weighted by atomic mass is 9.95. The molecular formula is C19H19NO3. The second-order valence-electron chi connectivity index (χ2n) is 5.82. The number of hydrogen-bond acceptors (Lipinski definition) is 2. The average molecular weight is 309 g/mol. The van der Waals surface area contributed by atoms with Crippen molar-refractivity contribution in [2.45, 2.75) is 12.8 Å². The van der Waals surface area contributed by atoms with Crippen LogP contribution in [-0.2, 0) is 4.79 Å². The third-order valence-electron chi connectivity index (χ3n) is 4.37. The molecule has 0 aliphatic carbocycles. The van der Waals surface area contributed by atoms with E-state index in [-0.39, 0.29) is 11.8 Å². The van der Waals surface area contributed by atoms with E-state index in [1.165, 1.54) is 0 Å². The standard InChI is InChI=1S/C19H19NO3/c21-18(20-12-10-15(11-13-20)19(22)23)17-9-5-4-8-16(17)14-6-2-1-3-7-14/h1-9,15H,10-13H2,(H,22,23). The first-order valence-corrected chi connectivity index (χ1v) is 7.83. The van der Waals surface area contributed by atoms with Crippen molar-refractivity contribution in [2.24, 2.45) is 5.92 Å². The number of piperidine rings is 1. The number of carbonyl (C=O) groups excluding carboxylic acids is 1. The minimum absolute atomic E-state index is 0.0201. The number of nitrogens with zero attached hydrogens (tertiary/aromatic N) is 1. The van der Waals surface area contributed by atoms with Crippen LogP contribution < -0.4 is 0 Å². The van der Waals surface area contributed by atoms with Gasteiger partial charge in [-0.25, -0.2) is 0 Å². The van der Waals surface area contributed by atoms with E-state index in [0.29, 0.717) is 31.5 Å². The van der Waals surface area contributed by atoms with Gasteiger partial charge in [0.2, 0.25) is 0 Å². The van der Waals surface area contributed by atoms with E-state index in [9.17, 15) is 9.59 Å². The number of hydrogen-bond donors (Lipinski definition) is 1. The first-order chi connectivity index (χ1) is 11.2. The molecule has 0 bridgehead atoms. The molecule has 23 heavy (non-hydrogen) atoms. The van der Waals surface area contributed by atoms with Gasteiger partial charge in [0.25, 0.3) is 5.91 Å². The zero-order chi connectivity index (χ0) is 16.2. The molecule has 118 valence electrons. The number of benzene rings is 2. The predicted molar refractivity (Wildman–Crippen MR) is 88.1 cm³/mol. The van der Waals surface area contributed by atoms with Gasteiger partial charge >= 0.3 is 5.97 Å². The molecule has 1 aliphatic heterocycles. The summed E-state index contributed by atoms with van der Waals surface area (Å²) in [4.78, 5) is 25.7. The zero-order valence-electron chi connectivity index (χ0n) is 12.8. The highest BCUT2D eigenvalue weighted by molar-refractivity contribution is 6.01. The first-order valence-electron chi connectivity index (χ1n) is 7.83. The number of carbonyl (C=O) groups is 2. The van der Waals surface area contributed by atoms with Crippen molar-refractivity contribution in [1.29, 1.82) is 0 Å². The molecule has 1 amide bonds. The zero-order valence-corrected chi connectivity index (χ0v) is 12.8. The third kappa shape index (κ3) is 3.26. The Morgan fingerprint density at radius 3 is 2.17 bits per heavy atom. The molecule has 4 heteroatoms. The molecule has 0 atom stereocenters. The molecular weight excluding hydrogens is 290 g/mol. The Balaban J connectivity index is 1.83. The van der Waals surface area contributed by atoms with E-state index in [1.807, 2.05) is 54.6 Å². The molecule has 1 aliphatic rings. The second-order valence-corrected chi connectivity index (χ2v) is 5.82. The molecule has 2 aromatic rings. The van der Waals surface area contributed by atoms with E-state index in [0.717, 1.165) is 11.1 Å². The smallest absolute Gasteiger partial charge is 0.306 e. The highest BCUT2D eigenvalue weighted by Gasteiger charge is 2.28. The predicted octanol–water partition coefficient (Wildman–Crippen LogP) is 3.29. The first kappa shape index (κ1) is 15.3. The normalized spacial score (nSPS) is 15.4. The lowest BCUT2D eigenvalue weighted by Gasteiger charge is -2.30. The minimum atomic E-state index is -0.762. The van der Waals surface area contributed by atoms with Crippen LogP contribution in [0.25, 0.3) is 11.1 Å². The van der Waals surface area contributed by atoms with E-state index in [2.05, 4.69) is 0 Å². The highest BCUT2D eigenvalue weighted by Crippen LogP contribution is 2.26. The molecule has 0 unspecified atom stereocenters. The summed E-state index contributed by atoms with van der Waals surface area (Å²) in [5.41, 5.74) is 2.60. The number of carboxylic acid groups (broad SMARTS) is 1. The largest absolute Gasteiger partial charge is 0.481 e. The fraction of sp³-hybridized carbons (Fsp3) is 0.263. The number of aliphatic carboxylic acids is 1. The van der Waals surface area contributed by atoms with Gasteiger partial charge in [0.05, 0.1) is 5.92 Å². The van der Waals surface area contributed by atoms with Gasteiger partial charge in [-0.05, 0) is 30.0 Å². The van der Waals surface area contributed by atoms with Gasteiger partial charge in [0.15, 0.2) is 0 Å². The van der Waals surface area contributed by atoms with Crippen LogP contribution in [0.5, 0.6) is 0 Å². The van der Waals surface area contributed by atoms with Crippen LogP contribution in [-0.4, -0.2) is 35.0 Å². The van der Waals surface area contributed by atoms with Crippen LogP contribution in [0, 0.1) is 5.92 Å². The summed E-state index contributed by atoms with van der Waals surface area (Å²) in [6, 6.07) is 17.4. The van der Waals surface area contributed by atoms with Gasteiger partial charge in [-0.1, -0.05) is 48.5 Å². The summed E-state index contributed by atoms with van der Waals surface area (Å²) in [7, 11) is 0. The van der Waals surface area contributed by atoms with Gasteiger partial charge in [0, 0.05) is 18.7 Å². The van der Waals surface area contributed by atoms with Crippen molar-refractivity contribution in [3.8, 4) is 11.1 Å². The average Bonchev–Trinajstić information content (AvgIpc) is 2.62. The number of rotatable bonds is 3. The van der Waals surface area contributed by atoms with Gasteiger partial charge in [-0.15, -0.1) is 0 Å². The van der Waals surface area contributed by atoms with Crippen molar-refractivity contribution in [2.75, 3.05) is 13.1 Å². The van der Waals surface area contributed by atoms with Crippen molar-refractivity contribution in [1.82, 2.24) is 4.90 Å². The van der Waals surface area contributed by atoms with Crippen molar-refractivity contribution < 1.29 is 14.7 Å². The summed E-state index contributed by atoms with van der Waals surface area (Å²) in [5, 5.41) is 9.07. The highest BCUT2D eigenvalue weighted by atomic mass is 16.4. The number of likely N-dealkylation sites (tertiary alicyclic amines) is 1. The molecule has 1 fully saturated rings. The fourth-order valence-electron chi connectivity index (χ4n) is 3.04. The number of amides is 1.